The van der Waals surface area contributed by atoms with Crippen molar-refractivity contribution in [3.63, 3.8) is 0 Å². The van der Waals surface area contributed by atoms with Gasteiger partial charge in [0.15, 0.2) is 5.11 Å². The Kier molecular flexibility index (Phi) is 5.57. The predicted molar refractivity (Wildman–Crippen MR) is 111 cm³/mol. The summed E-state index contributed by atoms with van der Waals surface area (Å²) in [5.41, 5.74) is 0.980. The van der Waals surface area contributed by atoms with Gasteiger partial charge >= 0.3 is 0 Å². The van der Waals surface area contributed by atoms with Crippen molar-refractivity contribution < 1.29 is 14.5 Å². The zero-order valence-electron chi connectivity index (χ0n) is 15.1. The summed E-state index contributed by atoms with van der Waals surface area (Å²) in [5, 5.41) is 17.8. The second kappa shape index (κ2) is 7.94. The van der Waals surface area contributed by atoms with Crippen molar-refractivity contribution in [2.45, 2.75) is 0 Å². The maximum absolute atomic E-state index is 12.7. The van der Waals surface area contributed by atoms with Gasteiger partial charge in [0.1, 0.15) is 16.4 Å². The topological polar surface area (TPSA) is 110 Å². The van der Waals surface area contributed by atoms with Crippen LogP contribution in [0.2, 0.25) is 5.15 Å². The molecule has 0 aliphatic carbocycles. The third kappa shape index (κ3) is 3.80. The van der Waals surface area contributed by atoms with E-state index < -0.39 is 16.7 Å². The predicted octanol–water partition coefficient (Wildman–Crippen LogP) is 2.46. The minimum absolute atomic E-state index is 0.00933. The highest BCUT2D eigenvalue weighted by molar-refractivity contribution is 7.80. The minimum Gasteiger partial charge on any atom is -0.298 e. The minimum atomic E-state index is -0.658. The Morgan fingerprint density at radius 1 is 1.34 bits per heavy atom. The summed E-state index contributed by atoms with van der Waals surface area (Å²) in [5.74, 6) is -1.25. The number of hydrogen-bond acceptors (Lipinski definition) is 6. The maximum Gasteiger partial charge on any atom is 0.269 e. The lowest BCUT2D eigenvalue weighted by molar-refractivity contribution is -0.384. The van der Waals surface area contributed by atoms with Crippen LogP contribution in [0.4, 0.5) is 5.69 Å². The molecule has 1 saturated heterocycles. The number of amides is 2. The van der Waals surface area contributed by atoms with Gasteiger partial charge in [-0.3, -0.25) is 34.6 Å². The van der Waals surface area contributed by atoms with E-state index in [9.17, 15) is 19.7 Å². The number of aryl methyl sites for hydroxylation is 1. The molecular formula is C18H14ClN5O4S. The fourth-order valence-corrected chi connectivity index (χ4v) is 3.17. The van der Waals surface area contributed by atoms with Gasteiger partial charge in [0, 0.05) is 36.9 Å². The zero-order chi connectivity index (χ0) is 21.3. The number of thiocarbonyl (C=S) groups is 1. The van der Waals surface area contributed by atoms with Gasteiger partial charge in [-0.1, -0.05) is 17.7 Å². The van der Waals surface area contributed by atoms with Gasteiger partial charge in [-0.25, -0.2) is 0 Å². The van der Waals surface area contributed by atoms with Crippen LogP contribution < -0.4 is 5.32 Å². The quantitative estimate of drug-likeness (QED) is 0.194. The SMILES string of the molecule is C=CCN1C(=O)/C(=C/c2c(-c3ccc([N+](=O)[O-])cc3)nn(C)c2Cl)C(=O)NC1=S. The highest BCUT2D eigenvalue weighted by Gasteiger charge is 2.33. The third-order valence-corrected chi connectivity index (χ3v) is 4.92. The summed E-state index contributed by atoms with van der Waals surface area (Å²) < 4.78 is 1.38. The lowest BCUT2D eigenvalue weighted by Gasteiger charge is -2.27. The average Bonchev–Trinajstić information content (AvgIpc) is 2.96. The molecule has 9 nitrogen and oxygen atoms in total. The molecule has 1 aliphatic heterocycles. The van der Waals surface area contributed by atoms with Gasteiger partial charge in [-0.15, -0.1) is 6.58 Å². The van der Waals surface area contributed by atoms with Crippen molar-refractivity contribution in [3.05, 3.63) is 63.3 Å². The van der Waals surface area contributed by atoms with Gasteiger partial charge in [0.25, 0.3) is 17.5 Å². The first-order valence-corrected chi connectivity index (χ1v) is 9.00. The van der Waals surface area contributed by atoms with Crippen LogP contribution >= 0.6 is 23.8 Å². The van der Waals surface area contributed by atoms with Crippen LogP contribution in [0, 0.1) is 10.1 Å². The Morgan fingerprint density at radius 3 is 2.59 bits per heavy atom. The van der Waals surface area contributed by atoms with E-state index in [0.717, 1.165) is 0 Å². The number of halogens is 1. The molecule has 0 bridgehead atoms. The summed E-state index contributed by atoms with van der Waals surface area (Å²) in [4.78, 5) is 36.7. The van der Waals surface area contributed by atoms with E-state index in [0.29, 0.717) is 16.8 Å². The highest BCUT2D eigenvalue weighted by atomic mass is 35.5. The lowest BCUT2D eigenvalue weighted by atomic mass is 10.0. The smallest absolute Gasteiger partial charge is 0.269 e. The molecule has 2 heterocycles. The Balaban J connectivity index is 2.10. The van der Waals surface area contributed by atoms with Gasteiger partial charge < -0.3 is 0 Å². The van der Waals surface area contributed by atoms with Gasteiger partial charge in [0.05, 0.1) is 4.92 Å². The van der Waals surface area contributed by atoms with E-state index >= 15 is 0 Å². The van der Waals surface area contributed by atoms with Crippen molar-refractivity contribution in [2.24, 2.45) is 7.05 Å². The number of nitro groups is 1. The van der Waals surface area contributed by atoms with Gasteiger partial charge in [0.2, 0.25) is 0 Å². The molecule has 1 N–H and O–H groups in total. The number of nitrogens with zero attached hydrogens (tertiary/aromatic N) is 4. The van der Waals surface area contributed by atoms with Gasteiger partial charge in [-0.05, 0) is 30.4 Å². The molecule has 148 valence electrons. The van der Waals surface area contributed by atoms with E-state index in [1.54, 1.807) is 7.05 Å². The Morgan fingerprint density at radius 2 is 2.00 bits per heavy atom. The number of nitrogens with one attached hydrogen (secondary N) is 1. The van der Waals surface area contributed by atoms with Crippen molar-refractivity contribution in [1.29, 1.82) is 0 Å². The maximum atomic E-state index is 12.7. The summed E-state index contributed by atoms with van der Waals surface area (Å²) in [6.45, 7) is 3.70. The van der Waals surface area contributed by atoms with Crippen molar-refractivity contribution in [2.75, 3.05) is 6.54 Å². The van der Waals surface area contributed by atoms with Crippen LogP contribution in [-0.2, 0) is 16.6 Å². The fourth-order valence-electron chi connectivity index (χ4n) is 2.74. The number of aromatic nitrogens is 2. The second-order valence-corrected chi connectivity index (χ2v) is 6.75. The fraction of sp³-hybridized carbons (Fsp3) is 0.111. The number of carbonyl (C=O) groups excluding carboxylic acids is 2. The first-order valence-electron chi connectivity index (χ1n) is 8.21. The summed E-state index contributed by atoms with van der Waals surface area (Å²) >= 11 is 11.4. The first kappa shape index (κ1) is 20.4. The van der Waals surface area contributed by atoms with Crippen LogP contribution in [0.3, 0.4) is 0 Å². The number of rotatable bonds is 5. The zero-order valence-corrected chi connectivity index (χ0v) is 16.7. The molecule has 0 atom stereocenters. The standard InChI is InChI=1S/C18H14ClN5O4S/c1-3-8-23-17(26)13(16(25)20-18(23)29)9-12-14(21-22(2)15(12)19)10-4-6-11(7-5-10)24(27)28/h3-7,9H,1,8H2,2H3,(H,20,25,29)/b13-9+. The third-order valence-electron chi connectivity index (χ3n) is 4.15. The van der Waals surface area contributed by atoms with E-state index in [-0.39, 0.29) is 28.1 Å². The monoisotopic (exact) mass is 431 g/mol. The van der Waals surface area contributed by atoms with Crippen LogP contribution in [0.5, 0.6) is 0 Å². The molecule has 11 heteroatoms. The van der Waals surface area contributed by atoms with Crippen LogP contribution in [-0.4, -0.2) is 43.1 Å². The number of non-ortho nitro benzene ring substituents is 1. The summed E-state index contributed by atoms with van der Waals surface area (Å²) in [6.07, 6.45) is 2.82. The molecule has 3 rings (SSSR count). The van der Waals surface area contributed by atoms with Gasteiger partial charge in [-0.2, -0.15) is 5.10 Å². The van der Waals surface area contributed by atoms with Crippen molar-refractivity contribution in [1.82, 2.24) is 20.0 Å². The molecule has 2 amide bonds. The molecule has 0 spiro atoms. The largest absolute Gasteiger partial charge is 0.298 e. The highest BCUT2D eigenvalue weighted by Crippen LogP contribution is 2.32. The molecule has 0 unspecified atom stereocenters. The molecule has 29 heavy (non-hydrogen) atoms. The number of benzene rings is 1. The number of hydrogen-bond donors (Lipinski definition) is 1. The molecule has 2 aromatic rings. The Hall–Kier alpha value is -3.37. The first-order chi connectivity index (χ1) is 13.7. The summed E-state index contributed by atoms with van der Waals surface area (Å²) in [6, 6.07) is 5.69. The normalized spacial score (nSPS) is 15.6. The van der Waals surface area contributed by atoms with E-state index in [1.165, 1.54) is 46.0 Å². The van der Waals surface area contributed by atoms with Crippen molar-refractivity contribution in [3.8, 4) is 11.3 Å². The summed E-state index contributed by atoms with van der Waals surface area (Å²) in [7, 11) is 1.60. The number of carbonyl (C=O) groups is 2. The molecule has 1 aliphatic rings. The Labute approximate surface area is 175 Å². The molecule has 1 fully saturated rings. The van der Waals surface area contributed by atoms with Crippen LogP contribution in [0.15, 0.2) is 42.5 Å². The Bertz CT molecular complexity index is 1090. The lowest BCUT2D eigenvalue weighted by Crippen LogP contribution is -2.53. The molecule has 0 saturated carbocycles. The second-order valence-electron chi connectivity index (χ2n) is 6.00. The van der Waals surface area contributed by atoms with Crippen LogP contribution in [0.25, 0.3) is 17.3 Å². The van der Waals surface area contributed by atoms with E-state index in [4.69, 9.17) is 23.8 Å². The molecule has 1 aromatic carbocycles. The van der Waals surface area contributed by atoms with E-state index in [1.807, 2.05) is 0 Å². The van der Waals surface area contributed by atoms with Crippen molar-refractivity contribution >= 4 is 52.5 Å². The average molecular weight is 432 g/mol. The van der Waals surface area contributed by atoms with Crippen LogP contribution in [0.1, 0.15) is 5.56 Å². The molecule has 0 radical (unpaired) electrons. The van der Waals surface area contributed by atoms with E-state index in [2.05, 4.69) is 17.0 Å². The molecule has 1 aromatic heterocycles. The molecular weight excluding hydrogens is 418 g/mol. The number of nitro benzene ring substituents is 1.